The van der Waals surface area contributed by atoms with Crippen molar-refractivity contribution in [3.63, 3.8) is 0 Å². The minimum Gasteiger partial charge on any atom is -0.356 e. The van der Waals surface area contributed by atoms with Gasteiger partial charge in [-0.25, -0.2) is 9.97 Å². The van der Waals surface area contributed by atoms with Crippen LogP contribution in [0.25, 0.3) is 11.1 Å². The van der Waals surface area contributed by atoms with E-state index in [1.807, 2.05) is 37.3 Å². The molecule has 3 rings (SSSR count). The largest absolute Gasteiger partial charge is 0.356 e. The number of amides is 1. The summed E-state index contributed by atoms with van der Waals surface area (Å²) in [6, 6.07) is 20.3. The molecule has 0 aliphatic heterocycles. The lowest BCUT2D eigenvalue weighted by Gasteiger charge is -2.13. The van der Waals surface area contributed by atoms with Gasteiger partial charge in [-0.2, -0.15) is 0 Å². The summed E-state index contributed by atoms with van der Waals surface area (Å²) >= 11 is 0. The molecule has 2 N–H and O–H groups in total. The summed E-state index contributed by atoms with van der Waals surface area (Å²) in [4.78, 5) is 20.6. The van der Waals surface area contributed by atoms with Crippen LogP contribution in [0.2, 0.25) is 0 Å². The number of nitrogens with one attached hydrogen (secondary N) is 2. The number of carbonyl (C=O) groups excluding carboxylic acids is 1. The van der Waals surface area contributed by atoms with Crippen molar-refractivity contribution in [2.24, 2.45) is 0 Å². The molecule has 0 saturated heterocycles. The van der Waals surface area contributed by atoms with Gasteiger partial charge in [0.25, 0.3) is 0 Å². The van der Waals surface area contributed by atoms with Crippen LogP contribution in [0.15, 0.2) is 73.1 Å². The average Bonchev–Trinajstić information content (AvgIpc) is 2.77. The van der Waals surface area contributed by atoms with Gasteiger partial charge in [0.05, 0.1) is 5.92 Å². The Morgan fingerprint density at radius 2 is 1.50 bits per heavy atom. The summed E-state index contributed by atoms with van der Waals surface area (Å²) in [6.07, 6.45) is 5.27. The van der Waals surface area contributed by atoms with Gasteiger partial charge in [-0.15, -0.1) is 0 Å². The quantitative estimate of drug-likeness (QED) is 0.549. The number of anilines is 1. The van der Waals surface area contributed by atoms with Gasteiger partial charge in [0.2, 0.25) is 11.9 Å². The number of aromatic nitrogens is 2. The predicted molar refractivity (Wildman–Crippen MR) is 113 cm³/mol. The molecule has 144 valence electrons. The Bertz CT molecular complexity index is 851. The lowest BCUT2D eigenvalue weighted by Crippen LogP contribution is -2.29. The lowest BCUT2D eigenvalue weighted by atomic mass is 9.97. The van der Waals surface area contributed by atoms with Crippen LogP contribution in [0.5, 0.6) is 0 Å². The fourth-order valence-electron chi connectivity index (χ4n) is 2.95. The van der Waals surface area contributed by atoms with Crippen LogP contribution < -0.4 is 10.6 Å². The van der Waals surface area contributed by atoms with Crippen LogP contribution in [0.4, 0.5) is 5.95 Å². The molecule has 0 bridgehead atoms. The van der Waals surface area contributed by atoms with E-state index in [9.17, 15) is 4.79 Å². The number of rotatable bonds is 9. The maximum atomic E-state index is 12.4. The fourth-order valence-corrected chi connectivity index (χ4v) is 2.95. The Morgan fingerprint density at radius 1 is 0.857 bits per heavy atom. The summed E-state index contributed by atoms with van der Waals surface area (Å²) in [5.41, 5.74) is 3.37. The van der Waals surface area contributed by atoms with E-state index in [0.717, 1.165) is 30.5 Å². The zero-order valence-electron chi connectivity index (χ0n) is 16.1. The first-order valence-corrected chi connectivity index (χ1v) is 9.68. The van der Waals surface area contributed by atoms with Crippen LogP contribution in [-0.2, 0) is 4.79 Å². The molecule has 0 spiro atoms. The van der Waals surface area contributed by atoms with E-state index in [4.69, 9.17) is 0 Å². The maximum Gasteiger partial charge on any atom is 0.227 e. The Morgan fingerprint density at radius 3 is 2.21 bits per heavy atom. The SMILES string of the molecule is C[C@H](C(=O)NCCCCNc1ncccn1)c1ccc(-c2ccccc2)cc1. The van der Waals surface area contributed by atoms with Crippen molar-refractivity contribution in [2.75, 3.05) is 18.4 Å². The number of hydrogen-bond donors (Lipinski definition) is 2. The molecule has 0 unspecified atom stereocenters. The Labute approximate surface area is 166 Å². The Hall–Kier alpha value is -3.21. The van der Waals surface area contributed by atoms with Crippen LogP contribution >= 0.6 is 0 Å². The van der Waals surface area contributed by atoms with E-state index in [-0.39, 0.29) is 11.8 Å². The predicted octanol–water partition coefficient (Wildman–Crippen LogP) is 4.26. The zero-order valence-corrected chi connectivity index (χ0v) is 16.1. The smallest absolute Gasteiger partial charge is 0.227 e. The summed E-state index contributed by atoms with van der Waals surface area (Å²) in [5.74, 6) is 0.534. The van der Waals surface area contributed by atoms with Crippen LogP contribution in [0.1, 0.15) is 31.2 Å². The number of unbranched alkanes of at least 4 members (excludes halogenated alkanes) is 1. The molecule has 0 aliphatic rings. The fraction of sp³-hybridized carbons (Fsp3) is 0.261. The van der Waals surface area contributed by atoms with Crippen LogP contribution in [0, 0.1) is 0 Å². The molecule has 3 aromatic rings. The number of hydrogen-bond acceptors (Lipinski definition) is 4. The lowest BCUT2D eigenvalue weighted by molar-refractivity contribution is -0.122. The van der Waals surface area contributed by atoms with Gasteiger partial charge in [-0.3, -0.25) is 4.79 Å². The second-order valence-corrected chi connectivity index (χ2v) is 6.71. The highest BCUT2D eigenvalue weighted by Gasteiger charge is 2.14. The van der Waals surface area contributed by atoms with Gasteiger partial charge < -0.3 is 10.6 Å². The monoisotopic (exact) mass is 374 g/mol. The summed E-state index contributed by atoms with van der Waals surface area (Å²) < 4.78 is 0. The highest BCUT2D eigenvalue weighted by atomic mass is 16.1. The average molecular weight is 374 g/mol. The minimum atomic E-state index is -0.166. The van der Waals surface area contributed by atoms with Crippen molar-refractivity contribution >= 4 is 11.9 Å². The Kier molecular flexibility index (Phi) is 7.13. The van der Waals surface area contributed by atoms with Crippen molar-refractivity contribution in [3.8, 4) is 11.1 Å². The van der Waals surface area contributed by atoms with Crippen molar-refractivity contribution < 1.29 is 4.79 Å². The third kappa shape index (κ3) is 5.64. The van der Waals surface area contributed by atoms with Crippen LogP contribution in [-0.4, -0.2) is 29.0 Å². The standard InChI is InChI=1S/C23H26N4O/c1-18(19-10-12-21(13-11-19)20-8-3-2-4-9-20)22(28)24-14-5-6-15-25-23-26-16-7-17-27-23/h2-4,7-13,16-18H,5-6,14-15H2,1H3,(H,24,28)(H,25,26,27)/t18-/m0/s1. The summed E-state index contributed by atoms with van der Waals surface area (Å²) in [7, 11) is 0. The molecular formula is C23H26N4O. The zero-order chi connectivity index (χ0) is 19.6. The third-order valence-electron chi connectivity index (χ3n) is 4.66. The van der Waals surface area contributed by atoms with Crippen molar-refractivity contribution in [3.05, 3.63) is 78.6 Å². The number of carbonyl (C=O) groups is 1. The van der Waals surface area contributed by atoms with Crippen molar-refractivity contribution in [1.82, 2.24) is 15.3 Å². The second kappa shape index (κ2) is 10.2. The van der Waals surface area contributed by atoms with E-state index in [2.05, 4.69) is 44.9 Å². The van der Waals surface area contributed by atoms with E-state index in [0.29, 0.717) is 12.5 Å². The van der Waals surface area contributed by atoms with Gasteiger partial charge >= 0.3 is 0 Å². The molecule has 0 fully saturated rings. The molecule has 2 aromatic carbocycles. The van der Waals surface area contributed by atoms with Crippen LogP contribution in [0.3, 0.4) is 0 Å². The van der Waals surface area contributed by atoms with E-state index in [1.165, 1.54) is 5.56 Å². The molecule has 0 radical (unpaired) electrons. The normalized spacial score (nSPS) is 11.6. The first-order valence-electron chi connectivity index (χ1n) is 9.68. The van der Waals surface area contributed by atoms with Gasteiger partial charge in [0.1, 0.15) is 0 Å². The highest BCUT2D eigenvalue weighted by Crippen LogP contribution is 2.22. The van der Waals surface area contributed by atoms with E-state index >= 15 is 0 Å². The van der Waals surface area contributed by atoms with E-state index < -0.39 is 0 Å². The van der Waals surface area contributed by atoms with Crippen molar-refractivity contribution in [2.45, 2.75) is 25.7 Å². The molecule has 1 aromatic heterocycles. The molecule has 1 heterocycles. The topological polar surface area (TPSA) is 66.9 Å². The molecule has 0 saturated carbocycles. The van der Waals surface area contributed by atoms with E-state index in [1.54, 1.807) is 18.5 Å². The minimum absolute atomic E-state index is 0.0619. The van der Waals surface area contributed by atoms with Gasteiger partial charge in [0.15, 0.2) is 0 Å². The molecule has 5 nitrogen and oxygen atoms in total. The van der Waals surface area contributed by atoms with Gasteiger partial charge in [-0.05, 0) is 42.5 Å². The summed E-state index contributed by atoms with van der Waals surface area (Å²) in [6.45, 7) is 3.40. The highest BCUT2D eigenvalue weighted by molar-refractivity contribution is 5.83. The molecule has 1 atom stereocenters. The summed E-state index contributed by atoms with van der Waals surface area (Å²) in [5, 5.41) is 6.19. The molecule has 0 aliphatic carbocycles. The Balaban J connectivity index is 1.39. The molecule has 5 heteroatoms. The number of benzene rings is 2. The first-order chi connectivity index (χ1) is 13.7. The maximum absolute atomic E-state index is 12.4. The number of nitrogens with zero attached hydrogens (tertiary/aromatic N) is 2. The second-order valence-electron chi connectivity index (χ2n) is 6.71. The van der Waals surface area contributed by atoms with Gasteiger partial charge in [-0.1, -0.05) is 54.6 Å². The molecular weight excluding hydrogens is 348 g/mol. The third-order valence-corrected chi connectivity index (χ3v) is 4.66. The first kappa shape index (κ1) is 19.5. The molecule has 1 amide bonds. The van der Waals surface area contributed by atoms with Gasteiger partial charge in [0, 0.05) is 25.5 Å². The molecule has 28 heavy (non-hydrogen) atoms. The van der Waals surface area contributed by atoms with Crippen molar-refractivity contribution in [1.29, 1.82) is 0 Å².